The Labute approximate surface area is 401 Å². The third kappa shape index (κ3) is 7.16. The van der Waals surface area contributed by atoms with Gasteiger partial charge in [0.2, 0.25) is 0 Å². The minimum atomic E-state index is 1.11. The van der Waals surface area contributed by atoms with Gasteiger partial charge in [-0.1, -0.05) is 176 Å². The van der Waals surface area contributed by atoms with Gasteiger partial charge in [-0.15, -0.1) is 0 Å². The summed E-state index contributed by atoms with van der Waals surface area (Å²) in [5, 5.41) is 9.75. The predicted octanol–water partition coefficient (Wildman–Crippen LogP) is 18.5. The Balaban J connectivity index is 0.922. The lowest BCUT2D eigenvalue weighted by Crippen LogP contribution is -2.10. The standard InChI is InChI=1S/C66H45N3/c1-3-21-54(22-4-1)67(63-27-13-19-49-16-9-11-25-59(49)63)56-36-29-47(30-37-56)52-34-41-65-61(44-52)62-45-53(35-42-66(62)69(65)58-40-33-46-15-7-8-18-51(46)43-58)48-31-38-57(39-32-48)68(55-23-5-2-6-24-55)64-28-14-20-50-17-10-12-26-60(50)64/h1-45H. The number of benzene rings is 12. The molecule has 12 aromatic carbocycles. The first-order valence-corrected chi connectivity index (χ1v) is 23.7. The van der Waals surface area contributed by atoms with Crippen molar-refractivity contribution in [3.8, 4) is 27.9 Å². The summed E-state index contributed by atoms with van der Waals surface area (Å²) < 4.78 is 2.43. The molecule has 69 heavy (non-hydrogen) atoms. The molecule has 324 valence electrons. The first-order chi connectivity index (χ1) is 34.2. The maximum absolute atomic E-state index is 2.43. The average Bonchev–Trinajstić information content (AvgIpc) is 3.75. The van der Waals surface area contributed by atoms with Crippen LogP contribution in [0.5, 0.6) is 0 Å². The summed E-state index contributed by atoms with van der Waals surface area (Å²) in [7, 11) is 0. The van der Waals surface area contributed by atoms with Crippen molar-refractivity contribution in [2.75, 3.05) is 9.80 Å². The molecule has 1 heterocycles. The van der Waals surface area contributed by atoms with E-state index in [0.29, 0.717) is 0 Å². The molecule has 0 atom stereocenters. The van der Waals surface area contributed by atoms with Crippen molar-refractivity contribution in [2.45, 2.75) is 0 Å². The number of para-hydroxylation sites is 2. The molecule has 0 saturated heterocycles. The first kappa shape index (κ1) is 40.1. The van der Waals surface area contributed by atoms with Crippen LogP contribution >= 0.6 is 0 Å². The molecule has 0 aliphatic rings. The van der Waals surface area contributed by atoms with E-state index < -0.39 is 0 Å². The molecule has 0 unspecified atom stereocenters. The zero-order valence-corrected chi connectivity index (χ0v) is 37.8. The van der Waals surface area contributed by atoms with E-state index in [9.17, 15) is 0 Å². The van der Waals surface area contributed by atoms with Crippen LogP contribution in [0.15, 0.2) is 273 Å². The van der Waals surface area contributed by atoms with E-state index >= 15 is 0 Å². The van der Waals surface area contributed by atoms with E-state index in [-0.39, 0.29) is 0 Å². The predicted molar refractivity (Wildman–Crippen MR) is 294 cm³/mol. The van der Waals surface area contributed by atoms with Crippen molar-refractivity contribution in [3.05, 3.63) is 273 Å². The second-order valence-electron chi connectivity index (χ2n) is 17.8. The lowest BCUT2D eigenvalue weighted by molar-refractivity contribution is 1.19. The van der Waals surface area contributed by atoms with Gasteiger partial charge in [0.25, 0.3) is 0 Å². The van der Waals surface area contributed by atoms with Crippen LogP contribution in [0.25, 0.3) is 82.1 Å². The van der Waals surface area contributed by atoms with E-state index in [1.165, 1.54) is 76.4 Å². The molecule has 0 saturated carbocycles. The minimum Gasteiger partial charge on any atom is -0.310 e. The van der Waals surface area contributed by atoms with Crippen LogP contribution in [0.4, 0.5) is 34.1 Å². The summed E-state index contributed by atoms with van der Waals surface area (Å²) in [6.07, 6.45) is 0. The van der Waals surface area contributed by atoms with Gasteiger partial charge in [0, 0.05) is 50.0 Å². The van der Waals surface area contributed by atoms with Crippen LogP contribution in [-0.4, -0.2) is 4.57 Å². The highest BCUT2D eigenvalue weighted by Crippen LogP contribution is 2.43. The zero-order valence-electron chi connectivity index (χ0n) is 37.8. The molecule has 0 aliphatic heterocycles. The largest absolute Gasteiger partial charge is 0.310 e. The molecule has 0 fully saturated rings. The molecular formula is C66H45N3. The molecule has 13 aromatic rings. The molecular weight excluding hydrogens is 835 g/mol. The van der Waals surface area contributed by atoms with E-state index in [0.717, 1.165) is 39.8 Å². The molecule has 0 bridgehead atoms. The highest BCUT2D eigenvalue weighted by Gasteiger charge is 2.19. The topological polar surface area (TPSA) is 11.4 Å². The van der Waals surface area contributed by atoms with Gasteiger partial charge in [0.05, 0.1) is 22.4 Å². The Morgan fingerprint density at radius 3 is 1.12 bits per heavy atom. The molecule has 3 heteroatoms. The van der Waals surface area contributed by atoms with E-state index in [2.05, 4.69) is 287 Å². The summed E-state index contributed by atoms with van der Waals surface area (Å²) >= 11 is 0. The highest BCUT2D eigenvalue weighted by atomic mass is 15.1. The second-order valence-corrected chi connectivity index (χ2v) is 17.8. The van der Waals surface area contributed by atoms with Crippen molar-refractivity contribution in [2.24, 2.45) is 0 Å². The normalized spacial score (nSPS) is 11.5. The van der Waals surface area contributed by atoms with Gasteiger partial charge in [0.15, 0.2) is 0 Å². The Hall–Kier alpha value is -9.18. The Morgan fingerprint density at radius 1 is 0.232 bits per heavy atom. The maximum Gasteiger partial charge on any atom is 0.0541 e. The van der Waals surface area contributed by atoms with Gasteiger partial charge in [0.1, 0.15) is 0 Å². The Bertz CT molecular complexity index is 3770. The van der Waals surface area contributed by atoms with Crippen molar-refractivity contribution >= 4 is 88.2 Å². The summed E-state index contributed by atoms with van der Waals surface area (Å²) in [5.41, 5.74) is 14.9. The van der Waals surface area contributed by atoms with Crippen LogP contribution in [0, 0.1) is 0 Å². The number of hydrogen-bond donors (Lipinski definition) is 0. The average molecular weight is 880 g/mol. The molecule has 0 spiro atoms. The molecule has 0 N–H and O–H groups in total. The van der Waals surface area contributed by atoms with Gasteiger partial charge >= 0.3 is 0 Å². The number of rotatable bonds is 9. The fraction of sp³-hybridized carbons (Fsp3) is 0. The third-order valence-corrected chi connectivity index (χ3v) is 13.7. The van der Waals surface area contributed by atoms with Crippen LogP contribution in [0.1, 0.15) is 0 Å². The molecule has 3 nitrogen and oxygen atoms in total. The highest BCUT2D eigenvalue weighted by molar-refractivity contribution is 6.12. The van der Waals surface area contributed by atoms with Crippen molar-refractivity contribution in [3.63, 3.8) is 0 Å². The van der Waals surface area contributed by atoms with Gasteiger partial charge in [-0.3, -0.25) is 0 Å². The smallest absolute Gasteiger partial charge is 0.0541 e. The molecule has 0 radical (unpaired) electrons. The molecule has 0 aliphatic carbocycles. The number of anilines is 6. The molecule has 0 amide bonds. The van der Waals surface area contributed by atoms with Crippen molar-refractivity contribution in [1.29, 1.82) is 0 Å². The monoisotopic (exact) mass is 879 g/mol. The summed E-state index contributed by atoms with van der Waals surface area (Å²) in [5.74, 6) is 0. The third-order valence-electron chi connectivity index (χ3n) is 13.7. The molecule has 1 aromatic heterocycles. The van der Waals surface area contributed by atoms with Gasteiger partial charge in [-0.2, -0.15) is 0 Å². The lowest BCUT2D eigenvalue weighted by atomic mass is 9.99. The quantitative estimate of drug-likeness (QED) is 0.143. The van der Waals surface area contributed by atoms with E-state index in [4.69, 9.17) is 0 Å². The second kappa shape index (κ2) is 16.9. The number of hydrogen-bond acceptors (Lipinski definition) is 2. The number of fused-ring (bicyclic) bond motifs is 6. The SMILES string of the molecule is c1ccc(N(c2ccc(-c3ccc4c(c3)c3cc(-c5ccc(N(c6ccccc6)c6cccc7ccccc67)cc5)ccc3n4-c3ccc4ccccc4c3)cc2)c2cccc3ccccc23)cc1. The zero-order chi connectivity index (χ0) is 45.7. The summed E-state index contributed by atoms with van der Waals surface area (Å²) in [6.45, 7) is 0. The first-order valence-electron chi connectivity index (χ1n) is 23.7. The van der Waals surface area contributed by atoms with E-state index in [1.807, 2.05) is 0 Å². The fourth-order valence-electron chi connectivity index (χ4n) is 10.4. The van der Waals surface area contributed by atoms with Crippen LogP contribution in [0.2, 0.25) is 0 Å². The van der Waals surface area contributed by atoms with Gasteiger partial charge in [-0.05, 0) is 141 Å². The number of aromatic nitrogens is 1. The lowest BCUT2D eigenvalue weighted by Gasteiger charge is -2.27. The van der Waals surface area contributed by atoms with Gasteiger partial charge < -0.3 is 14.4 Å². The minimum absolute atomic E-state index is 1.11. The summed E-state index contributed by atoms with van der Waals surface area (Å²) in [4.78, 5) is 4.73. The van der Waals surface area contributed by atoms with E-state index in [1.54, 1.807) is 0 Å². The van der Waals surface area contributed by atoms with Gasteiger partial charge in [-0.25, -0.2) is 0 Å². The van der Waals surface area contributed by atoms with Crippen LogP contribution < -0.4 is 9.80 Å². The van der Waals surface area contributed by atoms with Crippen LogP contribution in [0.3, 0.4) is 0 Å². The number of nitrogens with zero attached hydrogens (tertiary/aromatic N) is 3. The van der Waals surface area contributed by atoms with Crippen molar-refractivity contribution in [1.82, 2.24) is 4.57 Å². The van der Waals surface area contributed by atoms with Crippen LogP contribution in [-0.2, 0) is 0 Å². The summed E-state index contributed by atoms with van der Waals surface area (Å²) in [6, 6.07) is 99.2. The Morgan fingerprint density at radius 2 is 0.623 bits per heavy atom. The maximum atomic E-state index is 2.43. The van der Waals surface area contributed by atoms with Crippen molar-refractivity contribution < 1.29 is 0 Å². The Kier molecular flexibility index (Phi) is 9.84. The fourth-order valence-corrected chi connectivity index (χ4v) is 10.4. The molecule has 13 rings (SSSR count).